The molecule has 0 bridgehead atoms. The number of imidazole rings is 1. The molecular formula is C13H8ClFN2O. The zero-order valence-electron chi connectivity index (χ0n) is 9.11. The number of benzene rings is 2. The summed E-state index contributed by atoms with van der Waals surface area (Å²) in [5.41, 5.74) is 1.76. The number of rotatable bonds is 1. The molecular weight excluding hydrogens is 255 g/mol. The van der Waals surface area contributed by atoms with Crippen LogP contribution in [0.15, 0.2) is 36.4 Å². The number of hydrogen-bond donors (Lipinski definition) is 2. The van der Waals surface area contributed by atoms with Crippen LogP contribution >= 0.6 is 11.6 Å². The van der Waals surface area contributed by atoms with Gasteiger partial charge in [0.15, 0.2) is 0 Å². The number of fused-ring (bicyclic) bond motifs is 1. The maximum atomic E-state index is 13.7. The monoisotopic (exact) mass is 262 g/mol. The van der Waals surface area contributed by atoms with Crippen LogP contribution in [-0.4, -0.2) is 15.1 Å². The molecule has 0 aliphatic heterocycles. The van der Waals surface area contributed by atoms with Gasteiger partial charge in [-0.3, -0.25) is 0 Å². The number of phenols is 1. The normalized spacial score (nSPS) is 11.0. The van der Waals surface area contributed by atoms with Crippen LogP contribution in [0.5, 0.6) is 5.75 Å². The van der Waals surface area contributed by atoms with Gasteiger partial charge in [0.2, 0.25) is 0 Å². The molecule has 3 aromatic rings. The number of phenolic OH excluding ortho intramolecular Hbond substituents is 1. The Balaban J connectivity index is 2.19. The first kappa shape index (κ1) is 11.0. The average molecular weight is 263 g/mol. The van der Waals surface area contributed by atoms with E-state index >= 15 is 0 Å². The molecule has 0 saturated carbocycles. The van der Waals surface area contributed by atoms with Crippen molar-refractivity contribution >= 4 is 22.6 Å². The van der Waals surface area contributed by atoms with Crippen molar-refractivity contribution in [1.29, 1.82) is 0 Å². The number of aromatic nitrogens is 2. The molecule has 90 valence electrons. The first-order chi connectivity index (χ1) is 8.63. The molecule has 0 saturated heterocycles. The number of halogens is 2. The quantitative estimate of drug-likeness (QED) is 0.702. The summed E-state index contributed by atoms with van der Waals surface area (Å²) in [6, 6.07) is 9.15. The highest BCUT2D eigenvalue weighted by Crippen LogP contribution is 2.26. The van der Waals surface area contributed by atoms with E-state index in [1.54, 1.807) is 18.2 Å². The first-order valence-electron chi connectivity index (χ1n) is 5.27. The largest absolute Gasteiger partial charge is 0.508 e. The van der Waals surface area contributed by atoms with Crippen molar-refractivity contribution in [2.24, 2.45) is 0 Å². The van der Waals surface area contributed by atoms with E-state index in [4.69, 9.17) is 11.6 Å². The van der Waals surface area contributed by atoms with Gasteiger partial charge in [0, 0.05) is 11.1 Å². The zero-order valence-corrected chi connectivity index (χ0v) is 9.87. The number of H-pyrrole nitrogens is 1. The molecule has 0 aliphatic rings. The second kappa shape index (κ2) is 3.99. The Hall–Kier alpha value is -2.07. The predicted octanol–water partition coefficient (Wildman–Crippen LogP) is 3.73. The Kier molecular flexibility index (Phi) is 2.45. The van der Waals surface area contributed by atoms with Crippen molar-refractivity contribution in [2.45, 2.75) is 0 Å². The molecule has 2 aromatic carbocycles. The molecule has 5 heteroatoms. The van der Waals surface area contributed by atoms with Gasteiger partial charge in [-0.1, -0.05) is 11.6 Å². The van der Waals surface area contributed by atoms with Gasteiger partial charge in [0.05, 0.1) is 16.6 Å². The van der Waals surface area contributed by atoms with E-state index in [9.17, 15) is 9.50 Å². The summed E-state index contributed by atoms with van der Waals surface area (Å²) in [6.07, 6.45) is 0. The first-order valence-corrected chi connectivity index (χ1v) is 5.65. The average Bonchev–Trinajstić information content (AvgIpc) is 2.71. The predicted molar refractivity (Wildman–Crippen MR) is 68.2 cm³/mol. The van der Waals surface area contributed by atoms with E-state index in [-0.39, 0.29) is 5.75 Å². The Labute approximate surface area is 107 Å². The molecule has 3 rings (SSSR count). The van der Waals surface area contributed by atoms with E-state index in [0.29, 0.717) is 21.9 Å². The van der Waals surface area contributed by atoms with E-state index < -0.39 is 5.82 Å². The van der Waals surface area contributed by atoms with Crippen LogP contribution in [0.1, 0.15) is 0 Å². The second-order valence-electron chi connectivity index (χ2n) is 3.91. The minimum atomic E-state index is -0.528. The molecule has 0 radical (unpaired) electrons. The smallest absolute Gasteiger partial charge is 0.141 e. The summed E-state index contributed by atoms with van der Waals surface area (Å²) in [7, 11) is 0. The summed E-state index contributed by atoms with van der Waals surface area (Å²) in [6.45, 7) is 0. The molecule has 2 N–H and O–H groups in total. The standard InChI is InChI=1S/C13H8ClFN2O/c14-7-1-4-11-12(5-7)17-13(16-11)9-3-2-8(18)6-10(9)15/h1-6,18H,(H,16,17). The lowest BCUT2D eigenvalue weighted by atomic mass is 10.2. The number of aromatic amines is 1. The van der Waals surface area contributed by atoms with Crippen LogP contribution in [0.3, 0.4) is 0 Å². The molecule has 0 spiro atoms. The van der Waals surface area contributed by atoms with Crippen molar-refractivity contribution in [2.75, 3.05) is 0 Å². The fraction of sp³-hybridized carbons (Fsp3) is 0. The number of nitrogens with zero attached hydrogens (tertiary/aromatic N) is 1. The minimum Gasteiger partial charge on any atom is -0.508 e. The van der Waals surface area contributed by atoms with Gasteiger partial charge in [-0.2, -0.15) is 0 Å². The Morgan fingerprint density at radius 1 is 1.17 bits per heavy atom. The van der Waals surface area contributed by atoms with Gasteiger partial charge in [-0.25, -0.2) is 9.37 Å². The lowest BCUT2D eigenvalue weighted by molar-refractivity contribution is 0.469. The van der Waals surface area contributed by atoms with E-state index in [1.807, 2.05) is 0 Å². The van der Waals surface area contributed by atoms with Crippen molar-refractivity contribution < 1.29 is 9.50 Å². The summed E-state index contributed by atoms with van der Waals surface area (Å²) >= 11 is 5.87. The fourth-order valence-corrected chi connectivity index (χ4v) is 1.98. The summed E-state index contributed by atoms with van der Waals surface area (Å²) < 4.78 is 13.7. The fourth-order valence-electron chi connectivity index (χ4n) is 1.81. The van der Waals surface area contributed by atoms with E-state index in [2.05, 4.69) is 9.97 Å². The van der Waals surface area contributed by atoms with Gasteiger partial charge in [0.1, 0.15) is 17.4 Å². The van der Waals surface area contributed by atoms with Crippen molar-refractivity contribution in [3.05, 3.63) is 47.2 Å². The van der Waals surface area contributed by atoms with Gasteiger partial charge in [-0.05, 0) is 30.3 Å². The van der Waals surface area contributed by atoms with Crippen LogP contribution in [0.4, 0.5) is 4.39 Å². The Bertz CT molecular complexity index is 739. The lowest BCUT2D eigenvalue weighted by Crippen LogP contribution is -1.85. The van der Waals surface area contributed by atoms with Gasteiger partial charge < -0.3 is 10.1 Å². The second-order valence-corrected chi connectivity index (χ2v) is 4.35. The van der Waals surface area contributed by atoms with Crippen LogP contribution in [0.2, 0.25) is 5.02 Å². The minimum absolute atomic E-state index is 0.115. The molecule has 0 fully saturated rings. The molecule has 0 unspecified atom stereocenters. The highest BCUT2D eigenvalue weighted by molar-refractivity contribution is 6.31. The van der Waals surface area contributed by atoms with Crippen LogP contribution in [0, 0.1) is 5.82 Å². The maximum Gasteiger partial charge on any atom is 0.141 e. The highest BCUT2D eigenvalue weighted by atomic mass is 35.5. The van der Waals surface area contributed by atoms with Gasteiger partial charge in [-0.15, -0.1) is 0 Å². The Morgan fingerprint density at radius 3 is 2.78 bits per heavy atom. The summed E-state index contributed by atoms with van der Waals surface area (Å²) in [5, 5.41) is 9.76. The Morgan fingerprint density at radius 2 is 2.00 bits per heavy atom. The van der Waals surface area contributed by atoms with Crippen molar-refractivity contribution in [3.63, 3.8) is 0 Å². The van der Waals surface area contributed by atoms with Crippen molar-refractivity contribution in [3.8, 4) is 17.1 Å². The zero-order chi connectivity index (χ0) is 12.7. The lowest BCUT2D eigenvalue weighted by Gasteiger charge is -1.99. The number of nitrogens with one attached hydrogen (secondary N) is 1. The molecule has 1 aromatic heterocycles. The summed E-state index contributed by atoms with van der Waals surface area (Å²) in [4.78, 5) is 7.27. The summed E-state index contributed by atoms with van der Waals surface area (Å²) in [5.74, 6) is -0.236. The van der Waals surface area contributed by atoms with E-state index in [0.717, 1.165) is 11.6 Å². The molecule has 18 heavy (non-hydrogen) atoms. The number of aromatic hydroxyl groups is 1. The van der Waals surface area contributed by atoms with E-state index in [1.165, 1.54) is 12.1 Å². The molecule has 3 nitrogen and oxygen atoms in total. The third-order valence-electron chi connectivity index (χ3n) is 2.65. The van der Waals surface area contributed by atoms with Gasteiger partial charge in [0.25, 0.3) is 0 Å². The molecule has 0 atom stereocenters. The SMILES string of the molecule is Oc1ccc(-c2nc3ccc(Cl)cc3[nH]2)c(F)c1. The maximum absolute atomic E-state index is 13.7. The number of hydrogen-bond acceptors (Lipinski definition) is 2. The molecule has 1 heterocycles. The van der Waals surface area contributed by atoms with Crippen LogP contribution < -0.4 is 0 Å². The van der Waals surface area contributed by atoms with Crippen LogP contribution in [-0.2, 0) is 0 Å². The molecule has 0 aliphatic carbocycles. The van der Waals surface area contributed by atoms with Crippen LogP contribution in [0.25, 0.3) is 22.4 Å². The highest BCUT2D eigenvalue weighted by Gasteiger charge is 2.10. The topological polar surface area (TPSA) is 48.9 Å². The van der Waals surface area contributed by atoms with Crippen molar-refractivity contribution in [1.82, 2.24) is 9.97 Å². The molecule has 0 amide bonds. The third-order valence-corrected chi connectivity index (χ3v) is 2.89. The van der Waals surface area contributed by atoms with Gasteiger partial charge >= 0.3 is 0 Å². The third kappa shape index (κ3) is 1.80.